The zero-order valence-electron chi connectivity index (χ0n) is 21.0. The molecule has 1 aliphatic rings. The van der Waals surface area contributed by atoms with Gasteiger partial charge in [0.25, 0.3) is 5.91 Å². The van der Waals surface area contributed by atoms with Gasteiger partial charge in [0.2, 0.25) is 11.8 Å². The Bertz CT molecular complexity index is 1320. The molecule has 1 aliphatic carbocycles. The molecular formula is C27H28F5N5O2. The summed E-state index contributed by atoms with van der Waals surface area (Å²) in [6, 6.07) is 13.4. The quantitative estimate of drug-likeness (QED) is 0.318. The fraction of sp³-hybridized carbons (Fsp3) is 0.407. The lowest BCUT2D eigenvalue weighted by molar-refractivity contribution is -0.144. The second-order valence-corrected chi connectivity index (χ2v) is 9.22. The predicted octanol–water partition coefficient (Wildman–Crippen LogP) is 5.91. The van der Waals surface area contributed by atoms with Crippen molar-refractivity contribution in [2.24, 2.45) is 0 Å². The number of carbonyl (C=O) groups is 2. The van der Waals surface area contributed by atoms with Crippen molar-refractivity contribution in [3.8, 4) is 6.07 Å². The Morgan fingerprint density at radius 1 is 1.03 bits per heavy atom. The second-order valence-electron chi connectivity index (χ2n) is 9.22. The van der Waals surface area contributed by atoms with E-state index in [1.807, 2.05) is 6.07 Å². The van der Waals surface area contributed by atoms with Gasteiger partial charge < -0.3 is 15.6 Å². The van der Waals surface area contributed by atoms with E-state index in [1.165, 1.54) is 6.07 Å². The highest BCUT2D eigenvalue weighted by atomic mass is 19.4. The van der Waals surface area contributed by atoms with E-state index >= 15 is 0 Å². The Kier molecular flexibility index (Phi) is 9.98. The van der Waals surface area contributed by atoms with Crippen LogP contribution in [0.1, 0.15) is 72.3 Å². The molecule has 1 saturated carbocycles. The molecule has 4 rings (SSSR count). The Morgan fingerprint density at radius 2 is 1.77 bits per heavy atom. The molecule has 2 aromatic carbocycles. The minimum absolute atomic E-state index is 0.0902. The molecule has 0 bridgehead atoms. The molecule has 1 aromatic heterocycles. The third-order valence-electron chi connectivity index (χ3n) is 5.98. The van der Waals surface area contributed by atoms with Crippen LogP contribution < -0.4 is 10.6 Å². The number of fused-ring (bicyclic) bond motifs is 1. The van der Waals surface area contributed by atoms with Gasteiger partial charge in [-0.1, -0.05) is 18.6 Å². The molecule has 0 unspecified atom stereocenters. The van der Waals surface area contributed by atoms with Gasteiger partial charge in [-0.2, -0.15) is 18.4 Å². The lowest BCUT2D eigenvalue weighted by Crippen LogP contribution is -2.24. The Balaban J connectivity index is 0.000000449. The number of H-pyrrole nitrogens is 1. The second kappa shape index (κ2) is 13.2. The fourth-order valence-electron chi connectivity index (χ4n) is 3.91. The molecule has 0 spiro atoms. The number of nitrogens with one attached hydrogen (secondary N) is 3. The van der Waals surface area contributed by atoms with Crippen LogP contribution in [0.5, 0.6) is 0 Å². The number of hydrogen-bond acceptors (Lipinski definition) is 4. The number of rotatable bonds is 7. The Labute approximate surface area is 221 Å². The number of alkyl halides is 5. The first-order chi connectivity index (χ1) is 18.4. The number of halogens is 5. The highest BCUT2D eigenvalue weighted by Gasteiger charge is 2.30. The van der Waals surface area contributed by atoms with Gasteiger partial charge in [-0.15, -0.1) is 0 Å². The number of hydrogen-bond donors (Lipinski definition) is 3. The van der Waals surface area contributed by atoms with Crippen molar-refractivity contribution >= 4 is 22.8 Å². The maximum atomic E-state index is 12.2. The van der Waals surface area contributed by atoms with Crippen LogP contribution >= 0.6 is 0 Å². The summed E-state index contributed by atoms with van der Waals surface area (Å²) in [6.07, 6.45) is -3.47. The first-order valence-corrected chi connectivity index (χ1v) is 12.4. The van der Waals surface area contributed by atoms with Gasteiger partial charge in [-0.25, -0.2) is 13.8 Å². The lowest BCUT2D eigenvalue weighted by atomic mass is 9.97. The van der Waals surface area contributed by atoms with Crippen molar-refractivity contribution in [3.63, 3.8) is 0 Å². The summed E-state index contributed by atoms with van der Waals surface area (Å²) in [7, 11) is 0. The van der Waals surface area contributed by atoms with E-state index in [0.717, 1.165) is 6.42 Å². The van der Waals surface area contributed by atoms with Gasteiger partial charge >= 0.3 is 6.18 Å². The lowest BCUT2D eigenvalue weighted by Gasteiger charge is -2.20. The number of nitrogens with zero attached hydrogens (tertiary/aromatic N) is 2. The number of nitriles is 1. The molecule has 0 radical (unpaired) electrons. The van der Waals surface area contributed by atoms with Crippen molar-refractivity contribution in [3.05, 3.63) is 65.0 Å². The topological polar surface area (TPSA) is 111 Å². The van der Waals surface area contributed by atoms with E-state index in [2.05, 4.69) is 20.6 Å². The van der Waals surface area contributed by atoms with Gasteiger partial charge in [0, 0.05) is 31.4 Å². The maximum Gasteiger partial charge on any atom is 0.389 e. The van der Waals surface area contributed by atoms with Crippen LogP contribution in [0, 0.1) is 11.3 Å². The minimum atomic E-state index is -4.36. The van der Waals surface area contributed by atoms with E-state index in [4.69, 9.17) is 5.26 Å². The highest BCUT2D eigenvalue weighted by Crippen LogP contribution is 2.32. The molecule has 3 aromatic rings. The first kappa shape index (κ1) is 29.5. The molecule has 1 fully saturated rings. The summed E-state index contributed by atoms with van der Waals surface area (Å²) >= 11 is 0. The third kappa shape index (κ3) is 10.00. The fourth-order valence-corrected chi connectivity index (χ4v) is 3.91. The normalized spacial score (nSPS) is 14.6. The summed E-state index contributed by atoms with van der Waals surface area (Å²) in [5.41, 5.74) is 2.74. The Hall–Kier alpha value is -4.01. The van der Waals surface area contributed by atoms with Gasteiger partial charge in [0.15, 0.2) is 0 Å². The van der Waals surface area contributed by atoms with E-state index in [0.29, 0.717) is 46.4 Å². The highest BCUT2D eigenvalue weighted by molar-refractivity contribution is 5.94. The van der Waals surface area contributed by atoms with Crippen LogP contribution in [0.4, 0.5) is 22.0 Å². The smallest absolute Gasteiger partial charge is 0.352 e. The van der Waals surface area contributed by atoms with Gasteiger partial charge in [-0.05, 0) is 48.7 Å². The molecular weight excluding hydrogens is 521 g/mol. The van der Waals surface area contributed by atoms with Crippen LogP contribution in [0.15, 0.2) is 42.5 Å². The average Bonchev–Trinajstić information content (AvgIpc) is 3.31. The van der Waals surface area contributed by atoms with Crippen LogP contribution in [-0.4, -0.2) is 33.9 Å². The Morgan fingerprint density at radius 3 is 2.41 bits per heavy atom. The average molecular weight is 550 g/mol. The van der Waals surface area contributed by atoms with Crippen molar-refractivity contribution in [2.45, 2.75) is 70.1 Å². The van der Waals surface area contributed by atoms with Crippen LogP contribution in [0.3, 0.4) is 0 Å². The maximum absolute atomic E-state index is 12.2. The zero-order chi connectivity index (χ0) is 28.5. The van der Waals surface area contributed by atoms with Gasteiger partial charge in [0.05, 0.1) is 35.6 Å². The molecule has 0 aliphatic heterocycles. The van der Waals surface area contributed by atoms with Gasteiger partial charge in [-0.3, -0.25) is 9.59 Å². The summed E-state index contributed by atoms with van der Waals surface area (Å²) < 4.78 is 60.9. The van der Waals surface area contributed by atoms with E-state index in [1.54, 1.807) is 36.4 Å². The largest absolute Gasteiger partial charge is 0.389 e. The number of benzene rings is 2. The minimum Gasteiger partial charge on any atom is -0.352 e. The van der Waals surface area contributed by atoms with Crippen molar-refractivity contribution < 1.29 is 31.5 Å². The summed E-state index contributed by atoms with van der Waals surface area (Å²) in [6.45, 7) is 0.223. The van der Waals surface area contributed by atoms with Crippen molar-refractivity contribution in [2.75, 3.05) is 0 Å². The molecule has 0 saturated heterocycles. The molecule has 0 atom stereocenters. The molecule has 208 valence electrons. The van der Waals surface area contributed by atoms with Crippen LogP contribution in [0.25, 0.3) is 11.0 Å². The number of carbonyl (C=O) groups excluding carboxylic acids is 2. The molecule has 2 amide bonds. The van der Waals surface area contributed by atoms with E-state index in [-0.39, 0.29) is 31.8 Å². The standard InChI is InChI=1S/C21H18F3N5O2.C6H10F2/c22-21(23,24)7-6-19(30)26-11-14-4-5-16-17(9-14)29-18(28-16)12-27-20(31)15-3-1-2-13(8-15)10-25;7-6(8)4-2-1-3-5-6/h1-5,8-9H,6-7,11-12H2,(H,26,30)(H,27,31)(H,28,29);1-5H2. The zero-order valence-corrected chi connectivity index (χ0v) is 21.0. The summed E-state index contributed by atoms with van der Waals surface area (Å²) in [4.78, 5) is 31.2. The monoisotopic (exact) mass is 549 g/mol. The predicted molar refractivity (Wildman–Crippen MR) is 134 cm³/mol. The molecule has 39 heavy (non-hydrogen) atoms. The number of imidazole rings is 1. The van der Waals surface area contributed by atoms with Crippen molar-refractivity contribution in [1.82, 2.24) is 20.6 Å². The summed E-state index contributed by atoms with van der Waals surface area (Å²) in [5.74, 6) is -2.84. The molecule has 3 N–H and O–H groups in total. The van der Waals surface area contributed by atoms with Crippen LogP contribution in [0.2, 0.25) is 0 Å². The first-order valence-electron chi connectivity index (χ1n) is 12.4. The number of aromatic amines is 1. The van der Waals surface area contributed by atoms with Crippen molar-refractivity contribution in [1.29, 1.82) is 5.26 Å². The number of aromatic nitrogens is 2. The molecule has 7 nitrogen and oxygen atoms in total. The number of amides is 2. The third-order valence-corrected chi connectivity index (χ3v) is 5.98. The van der Waals surface area contributed by atoms with E-state index < -0.39 is 30.8 Å². The SMILES string of the molecule is FC1(F)CCCCC1.N#Cc1cccc(C(=O)NCc2nc3ccc(CNC(=O)CCC(F)(F)F)cc3[nH]2)c1. The molecule has 1 heterocycles. The van der Waals surface area contributed by atoms with Gasteiger partial charge in [0.1, 0.15) is 5.82 Å². The van der Waals surface area contributed by atoms with Crippen LogP contribution in [-0.2, 0) is 17.9 Å². The molecule has 12 heteroatoms. The summed E-state index contributed by atoms with van der Waals surface area (Å²) in [5, 5.41) is 14.1. The van der Waals surface area contributed by atoms with E-state index in [9.17, 15) is 31.5 Å².